The summed E-state index contributed by atoms with van der Waals surface area (Å²) in [6.45, 7) is 4.65. The van der Waals surface area contributed by atoms with Crippen molar-refractivity contribution in [1.82, 2.24) is 34.5 Å². The van der Waals surface area contributed by atoms with Crippen LogP contribution in [0.4, 0.5) is 5.82 Å². The molecule has 1 saturated carbocycles. The maximum Gasteiger partial charge on any atom is 0.328 e. The summed E-state index contributed by atoms with van der Waals surface area (Å²) in [6, 6.07) is 14.4. The predicted octanol–water partition coefficient (Wildman–Crippen LogP) is 3.71. The minimum Gasteiger partial charge on any atom is -0.478 e. The van der Waals surface area contributed by atoms with Crippen LogP contribution in [0.25, 0.3) is 22.3 Å². The van der Waals surface area contributed by atoms with Crippen molar-refractivity contribution < 1.29 is 24.5 Å². The molecule has 1 aliphatic carbocycles. The normalized spacial score (nSPS) is 19.4. The van der Waals surface area contributed by atoms with Crippen molar-refractivity contribution in [3.63, 3.8) is 0 Å². The number of carboxylic acids is 2. The number of hydrogen-bond acceptors (Lipinski definition) is 10. The number of para-hydroxylation sites is 1. The van der Waals surface area contributed by atoms with Gasteiger partial charge in [-0.2, -0.15) is 5.10 Å². The van der Waals surface area contributed by atoms with E-state index in [1.807, 2.05) is 42.5 Å². The minimum atomic E-state index is -1.26. The van der Waals surface area contributed by atoms with Gasteiger partial charge in [-0.3, -0.25) is 4.90 Å². The van der Waals surface area contributed by atoms with Gasteiger partial charge in [0.05, 0.1) is 11.4 Å². The van der Waals surface area contributed by atoms with Crippen molar-refractivity contribution in [2.24, 2.45) is 0 Å². The number of anilines is 1. The van der Waals surface area contributed by atoms with E-state index in [9.17, 15) is 9.59 Å². The zero-order chi connectivity index (χ0) is 31.1. The fourth-order valence-electron chi connectivity index (χ4n) is 5.64. The number of nitrogens with zero attached hydrogens (tertiary/aromatic N) is 7. The Bertz CT molecular complexity index is 1580. The summed E-state index contributed by atoms with van der Waals surface area (Å²) in [5, 5.41) is 21.5. The van der Waals surface area contributed by atoms with Gasteiger partial charge in [0.25, 0.3) is 0 Å². The number of pyridine rings is 1. The maximum absolute atomic E-state index is 9.55. The number of hydrogen-bond donors (Lipinski definition) is 3. The molecule has 2 fully saturated rings. The van der Waals surface area contributed by atoms with Crippen molar-refractivity contribution in [2.75, 3.05) is 39.0 Å². The molecule has 0 unspecified atom stereocenters. The molecule has 0 bridgehead atoms. The summed E-state index contributed by atoms with van der Waals surface area (Å²) >= 11 is 0. The van der Waals surface area contributed by atoms with Crippen LogP contribution in [0, 0.1) is 0 Å². The van der Waals surface area contributed by atoms with Gasteiger partial charge in [-0.05, 0) is 50.9 Å². The summed E-state index contributed by atoms with van der Waals surface area (Å²) in [5.74, 6) is -0.797. The molecule has 2 aliphatic rings. The molecule has 1 aliphatic heterocycles. The molecule has 4 heterocycles. The largest absolute Gasteiger partial charge is 0.478 e. The second-order valence-electron chi connectivity index (χ2n) is 10.9. The third-order valence-corrected chi connectivity index (χ3v) is 7.93. The molecule has 3 aromatic heterocycles. The van der Waals surface area contributed by atoms with Gasteiger partial charge in [0, 0.05) is 62.2 Å². The molecule has 4 N–H and O–H groups in total. The number of aromatic nitrogens is 5. The molecule has 13 heteroatoms. The Morgan fingerprint density at radius 1 is 0.886 bits per heavy atom. The average Bonchev–Trinajstić information content (AvgIpc) is 3.43. The Morgan fingerprint density at radius 2 is 1.55 bits per heavy atom. The maximum atomic E-state index is 9.55. The number of rotatable bonds is 7. The van der Waals surface area contributed by atoms with Gasteiger partial charge in [0.1, 0.15) is 23.6 Å². The van der Waals surface area contributed by atoms with Crippen LogP contribution in [0.5, 0.6) is 11.6 Å². The summed E-state index contributed by atoms with van der Waals surface area (Å²) in [6.07, 6.45) is 8.95. The second-order valence-corrected chi connectivity index (χ2v) is 10.9. The molecular formula is C31H36N8O5. The van der Waals surface area contributed by atoms with Crippen molar-refractivity contribution >= 4 is 28.8 Å². The summed E-state index contributed by atoms with van der Waals surface area (Å²) < 4.78 is 7.93. The third kappa shape index (κ3) is 7.54. The van der Waals surface area contributed by atoms with Crippen LogP contribution < -0.4 is 10.5 Å². The van der Waals surface area contributed by atoms with Gasteiger partial charge in [0.2, 0.25) is 5.88 Å². The van der Waals surface area contributed by atoms with Gasteiger partial charge < -0.3 is 25.6 Å². The highest BCUT2D eigenvalue weighted by molar-refractivity contribution is 5.98. The number of ether oxygens (including phenoxy) is 1. The number of nitrogens with two attached hydrogens (primary N) is 1. The van der Waals surface area contributed by atoms with E-state index < -0.39 is 11.9 Å². The monoisotopic (exact) mass is 600 g/mol. The molecule has 0 atom stereocenters. The molecule has 4 aromatic rings. The van der Waals surface area contributed by atoms with E-state index in [1.54, 1.807) is 6.20 Å². The van der Waals surface area contributed by atoms with Crippen LogP contribution in [0.2, 0.25) is 0 Å². The number of piperazine rings is 1. The van der Waals surface area contributed by atoms with E-state index in [-0.39, 0.29) is 0 Å². The van der Waals surface area contributed by atoms with E-state index in [1.165, 1.54) is 32.3 Å². The Hall–Kier alpha value is -4.88. The van der Waals surface area contributed by atoms with Gasteiger partial charge in [-0.25, -0.2) is 29.2 Å². The SMILES string of the molecule is CN1CCN([C@H]2CC[C@H](n3nc(-c4ccc(Oc5ccccc5)nc4)c4c(N)ncnc43)CC2)CC1.O=C(O)/C=C\C(=O)O. The predicted molar refractivity (Wildman–Crippen MR) is 164 cm³/mol. The first kappa shape index (κ1) is 30.6. The number of likely N-dealkylation sites (N-methyl/N-ethyl adjacent to an activating group) is 1. The highest BCUT2D eigenvalue weighted by atomic mass is 16.5. The first-order valence-electron chi connectivity index (χ1n) is 14.5. The van der Waals surface area contributed by atoms with E-state index in [0.717, 1.165) is 54.0 Å². The van der Waals surface area contributed by atoms with E-state index in [2.05, 4.69) is 36.5 Å². The molecule has 1 saturated heterocycles. The number of benzene rings is 1. The number of carboxylic acid groups (broad SMARTS) is 2. The van der Waals surface area contributed by atoms with E-state index >= 15 is 0 Å². The first-order valence-corrected chi connectivity index (χ1v) is 14.5. The number of carbonyl (C=O) groups is 2. The standard InChI is InChI=1S/C27H32N8O.C4H4O4/c1-33-13-15-34(16-14-33)20-8-10-21(11-9-20)35-27-24(26(28)30-18-31-27)25(32-35)19-7-12-23(29-17-19)36-22-5-3-2-4-6-22;5-3(6)1-2-4(7)8/h2-7,12,17-18,20-21H,8-11,13-16H2,1H3,(H2,28,30,31);1-2H,(H,5,6)(H,7,8)/b;2-1-/t20-,21-;. The van der Waals surface area contributed by atoms with Crippen LogP contribution in [0.3, 0.4) is 0 Å². The quantitative estimate of drug-likeness (QED) is 0.263. The number of aliphatic carboxylic acids is 2. The molecule has 0 amide bonds. The van der Waals surface area contributed by atoms with E-state index in [0.29, 0.717) is 35.9 Å². The lowest BCUT2D eigenvalue weighted by molar-refractivity contribution is -0.134. The van der Waals surface area contributed by atoms with Crippen molar-refractivity contribution in [2.45, 2.75) is 37.8 Å². The molecule has 13 nitrogen and oxygen atoms in total. The highest BCUT2D eigenvalue weighted by Crippen LogP contribution is 2.37. The smallest absolute Gasteiger partial charge is 0.328 e. The molecule has 6 rings (SSSR count). The third-order valence-electron chi connectivity index (χ3n) is 7.93. The lowest BCUT2D eigenvalue weighted by Gasteiger charge is -2.41. The molecule has 0 spiro atoms. The van der Waals surface area contributed by atoms with E-state index in [4.69, 9.17) is 25.8 Å². The fourth-order valence-corrected chi connectivity index (χ4v) is 5.64. The van der Waals surface area contributed by atoms with Gasteiger partial charge in [-0.15, -0.1) is 0 Å². The first-order chi connectivity index (χ1) is 21.3. The zero-order valence-corrected chi connectivity index (χ0v) is 24.5. The lowest BCUT2D eigenvalue weighted by Crippen LogP contribution is -2.49. The average molecular weight is 601 g/mol. The summed E-state index contributed by atoms with van der Waals surface area (Å²) in [4.78, 5) is 37.6. The number of nitrogen functional groups attached to an aromatic ring is 1. The van der Waals surface area contributed by atoms with Gasteiger partial charge in [0.15, 0.2) is 5.65 Å². The van der Waals surface area contributed by atoms with Gasteiger partial charge in [-0.1, -0.05) is 18.2 Å². The molecule has 0 radical (unpaired) electrons. The molecule has 1 aromatic carbocycles. The highest BCUT2D eigenvalue weighted by Gasteiger charge is 2.30. The van der Waals surface area contributed by atoms with Gasteiger partial charge >= 0.3 is 11.9 Å². The molecular weight excluding hydrogens is 564 g/mol. The minimum absolute atomic E-state index is 0.299. The van der Waals surface area contributed by atoms with Crippen LogP contribution in [0.15, 0.2) is 67.1 Å². The Balaban J connectivity index is 0.000000426. The van der Waals surface area contributed by atoms with Crippen molar-refractivity contribution in [1.29, 1.82) is 0 Å². The number of fused-ring (bicyclic) bond motifs is 1. The fraction of sp³-hybridized carbons (Fsp3) is 0.355. The zero-order valence-electron chi connectivity index (χ0n) is 24.5. The Labute approximate surface area is 254 Å². The topological polar surface area (TPSA) is 173 Å². The van der Waals surface area contributed by atoms with Crippen molar-refractivity contribution in [3.05, 3.63) is 67.1 Å². The summed E-state index contributed by atoms with van der Waals surface area (Å²) in [7, 11) is 2.21. The molecule has 230 valence electrons. The van der Waals surface area contributed by atoms with Crippen LogP contribution in [-0.2, 0) is 9.59 Å². The summed E-state index contributed by atoms with van der Waals surface area (Å²) in [5.41, 5.74) is 8.77. The Kier molecular flexibility index (Phi) is 9.77. The second kappa shape index (κ2) is 14.1. The van der Waals surface area contributed by atoms with Crippen molar-refractivity contribution in [3.8, 4) is 22.9 Å². The van der Waals surface area contributed by atoms with Crippen LogP contribution in [-0.4, -0.2) is 96.0 Å². The van der Waals surface area contributed by atoms with Crippen LogP contribution in [0.1, 0.15) is 31.7 Å². The van der Waals surface area contributed by atoms with Crippen LogP contribution >= 0.6 is 0 Å². The Morgan fingerprint density at radius 3 is 2.16 bits per heavy atom. The lowest BCUT2D eigenvalue weighted by atomic mass is 9.90. The molecule has 44 heavy (non-hydrogen) atoms.